The van der Waals surface area contributed by atoms with E-state index in [1.165, 1.54) is 12.1 Å². The van der Waals surface area contributed by atoms with Gasteiger partial charge in [0.05, 0.1) is 10.6 Å². The molecule has 2 aromatic rings. The summed E-state index contributed by atoms with van der Waals surface area (Å²) in [5.74, 6) is -1.14. The van der Waals surface area contributed by atoms with Gasteiger partial charge in [0.1, 0.15) is 5.57 Å². The first-order valence-corrected chi connectivity index (χ1v) is 8.42. The Bertz CT molecular complexity index is 1030. The molecule has 1 fully saturated rings. The van der Waals surface area contributed by atoms with Crippen LogP contribution in [0, 0.1) is 30.9 Å². The zero-order chi connectivity index (χ0) is 19.9. The number of nitrogens with one attached hydrogen (secondary N) is 2. The van der Waals surface area contributed by atoms with Gasteiger partial charge in [-0.05, 0) is 56.8 Å². The second-order valence-corrected chi connectivity index (χ2v) is 6.59. The molecule has 3 rings (SSSR count). The van der Waals surface area contributed by atoms with Crippen molar-refractivity contribution in [3.05, 3.63) is 62.5 Å². The Morgan fingerprint density at radius 1 is 1.11 bits per heavy atom. The van der Waals surface area contributed by atoms with Crippen molar-refractivity contribution in [2.75, 3.05) is 0 Å². The molecule has 0 atom stereocenters. The number of aryl methyl sites for hydroxylation is 2. The van der Waals surface area contributed by atoms with Crippen molar-refractivity contribution in [1.82, 2.24) is 15.2 Å². The lowest BCUT2D eigenvalue weighted by molar-refractivity contribution is -0.385. The first-order valence-electron chi connectivity index (χ1n) is 8.01. The van der Waals surface area contributed by atoms with Gasteiger partial charge in [-0.15, -0.1) is 0 Å². The smallest absolute Gasteiger partial charge is 0.274 e. The molecule has 2 amide bonds. The molecular weight excluding hydrogens is 368 g/mol. The van der Waals surface area contributed by atoms with E-state index in [9.17, 15) is 19.7 Å². The normalized spacial score (nSPS) is 14.0. The SMILES string of the molecule is Cc1ccc(-n2c(C)cc(C=C3C(=O)NC(=S)NC3=O)c2C)cc1[N+](=O)[O-]. The number of nitro benzene ring substituents is 1. The standard InChI is InChI=1S/C18H16N4O4S/c1-9-4-5-13(8-15(9)22(25)26)21-10(2)6-12(11(21)3)7-14-16(23)19-18(27)20-17(14)24/h4-8H,1-3H3,(H2,19,20,23,24,27). The van der Waals surface area contributed by atoms with Gasteiger partial charge in [0.25, 0.3) is 17.5 Å². The predicted molar refractivity (Wildman–Crippen MR) is 103 cm³/mol. The number of aromatic nitrogens is 1. The van der Waals surface area contributed by atoms with E-state index in [2.05, 4.69) is 10.6 Å². The summed E-state index contributed by atoms with van der Waals surface area (Å²) in [4.78, 5) is 34.9. The van der Waals surface area contributed by atoms with Crippen molar-refractivity contribution < 1.29 is 14.5 Å². The average molecular weight is 384 g/mol. The third-order valence-corrected chi connectivity index (χ3v) is 4.57. The number of rotatable bonds is 3. The molecule has 0 radical (unpaired) electrons. The highest BCUT2D eigenvalue weighted by atomic mass is 32.1. The van der Waals surface area contributed by atoms with Crippen molar-refractivity contribution in [2.24, 2.45) is 0 Å². The van der Waals surface area contributed by atoms with Crippen LogP contribution in [0.25, 0.3) is 11.8 Å². The lowest BCUT2D eigenvalue weighted by Gasteiger charge is -2.16. The van der Waals surface area contributed by atoms with E-state index in [0.717, 1.165) is 11.4 Å². The molecule has 1 aromatic carbocycles. The molecule has 0 spiro atoms. The molecule has 2 heterocycles. The van der Waals surface area contributed by atoms with Gasteiger partial charge in [0, 0.05) is 23.0 Å². The quantitative estimate of drug-likeness (QED) is 0.277. The monoisotopic (exact) mass is 384 g/mol. The summed E-state index contributed by atoms with van der Waals surface area (Å²) in [5, 5.41) is 16.0. The van der Waals surface area contributed by atoms with E-state index in [1.54, 1.807) is 19.1 Å². The molecule has 1 aliphatic heterocycles. The summed E-state index contributed by atoms with van der Waals surface area (Å²) in [6.45, 7) is 5.34. The number of nitro groups is 1. The van der Waals surface area contributed by atoms with Crippen molar-refractivity contribution in [1.29, 1.82) is 0 Å². The van der Waals surface area contributed by atoms with Crippen LogP contribution >= 0.6 is 12.2 Å². The highest BCUT2D eigenvalue weighted by molar-refractivity contribution is 7.80. The summed E-state index contributed by atoms with van der Waals surface area (Å²) in [5.41, 5.74) is 3.38. The van der Waals surface area contributed by atoms with Crippen LogP contribution in [0.1, 0.15) is 22.5 Å². The molecule has 0 bridgehead atoms. The number of thiocarbonyl (C=S) groups is 1. The summed E-state index contributed by atoms with van der Waals surface area (Å²) in [6.07, 6.45) is 1.48. The molecule has 8 nitrogen and oxygen atoms in total. The van der Waals surface area contributed by atoms with Crippen molar-refractivity contribution >= 4 is 40.9 Å². The number of hydrogen-bond acceptors (Lipinski definition) is 5. The van der Waals surface area contributed by atoms with Crippen LogP contribution in [-0.4, -0.2) is 26.4 Å². The number of nitrogens with zero attached hydrogens (tertiary/aromatic N) is 2. The molecule has 0 aliphatic carbocycles. The molecule has 1 aromatic heterocycles. The van der Waals surface area contributed by atoms with Gasteiger partial charge in [-0.2, -0.15) is 0 Å². The third kappa shape index (κ3) is 3.36. The fourth-order valence-corrected chi connectivity index (χ4v) is 3.21. The Balaban J connectivity index is 2.09. The highest BCUT2D eigenvalue weighted by Gasteiger charge is 2.26. The number of benzene rings is 1. The fourth-order valence-electron chi connectivity index (χ4n) is 3.03. The highest BCUT2D eigenvalue weighted by Crippen LogP contribution is 2.27. The van der Waals surface area contributed by atoms with Crippen molar-refractivity contribution in [3.8, 4) is 5.69 Å². The molecule has 1 aliphatic rings. The Labute approximate surface area is 160 Å². The molecular formula is C18H16N4O4S. The Hall–Kier alpha value is -3.33. The van der Waals surface area contributed by atoms with Crippen LogP contribution < -0.4 is 10.6 Å². The Morgan fingerprint density at radius 3 is 2.33 bits per heavy atom. The Kier molecular flexibility index (Phi) is 4.63. The van der Waals surface area contributed by atoms with E-state index in [-0.39, 0.29) is 16.4 Å². The molecule has 0 saturated carbocycles. The fraction of sp³-hybridized carbons (Fsp3) is 0.167. The van der Waals surface area contributed by atoms with Gasteiger partial charge < -0.3 is 4.57 Å². The number of amides is 2. The predicted octanol–water partition coefficient (Wildman–Crippen LogP) is 2.23. The van der Waals surface area contributed by atoms with Gasteiger partial charge in [0.15, 0.2) is 5.11 Å². The minimum atomic E-state index is -0.570. The maximum atomic E-state index is 12.0. The van der Waals surface area contributed by atoms with Crippen molar-refractivity contribution in [3.63, 3.8) is 0 Å². The molecule has 1 saturated heterocycles. The average Bonchev–Trinajstić information content (AvgIpc) is 2.85. The summed E-state index contributed by atoms with van der Waals surface area (Å²) < 4.78 is 1.84. The maximum Gasteiger partial charge on any atom is 0.274 e. The van der Waals surface area contributed by atoms with Crippen LogP contribution in [0.2, 0.25) is 0 Å². The van der Waals surface area contributed by atoms with Crippen LogP contribution in [-0.2, 0) is 9.59 Å². The van der Waals surface area contributed by atoms with Crippen LogP contribution in [0.4, 0.5) is 5.69 Å². The van der Waals surface area contributed by atoms with E-state index < -0.39 is 16.7 Å². The largest absolute Gasteiger partial charge is 0.318 e. The summed E-state index contributed by atoms with van der Waals surface area (Å²) in [7, 11) is 0. The second kappa shape index (κ2) is 6.76. The zero-order valence-electron chi connectivity index (χ0n) is 14.8. The lowest BCUT2D eigenvalue weighted by Crippen LogP contribution is -2.51. The third-order valence-electron chi connectivity index (χ3n) is 4.36. The maximum absolute atomic E-state index is 12.0. The first kappa shape index (κ1) is 18.5. The van der Waals surface area contributed by atoms with E-state index >= 15 is 0 Å². The van der Waals surface area contributed by atoms with Gasteiger partial charge in [-0.3, -0.25) is 30.3 Å². The number of carbonyl (C=O) groups is 2. The van der Waals surface area contributed by atoms with E-state index in [0.29, 0.717) is 16.8 Å². The van der Waals surface area contributed by atoms with Gasteiger partial charge in [0.2, 0.25) is 0 Å². The summed E-state index contributed by atoms with van der Waals surface area (Å²) >= 11 is 4.79. The molecule has 138 valence electrons. The van der Waals surface area contributed by atoms with Crippen molar-refractivity contribution in [2.45, 2.75) is 20.8 Å². The number of carbonyl (C=O) groups excluding carboxylic acids is 2. The molecule has 9 heteroatoms. The van der Waals surface area contributed by atoms with Gasteiger partial charge in [-0.1, -0.05) is 6.07 Å². The summed E-state index contributed by atoms with van der Waals surface area (Å²) in [6, 6.07) is 6.79. The zero-order valence-corrected chi connectivity index (χ0v) is 15.6. The van der Waals surface area contributed by atoms with E-state index in [4.69, 9.17) is 12.2 Å². The van der Waals surface area contributed by atoms with Gasteiger partial charge >= 0.3 is 0 Å². The molecule has 27 heavy (non-hydrogen) atoms. The Morgan fingerprint density at radius 2 is 1.74 bits per heavy atom. The first-order chi connectivity index (χ1) is 12.7. The van der Waals surface area contributed by atoms with Gasteiger partial charge in [-0.25, -0.2) is 0 Å². The molecule has 2 N–H and O–H groups in total. The second-order valence-electron chi connectivity index (χ2n) is 6.19. The lowest BCUT2D eigenvalue weighted by atomic mass is 10.1. The number of hydrogen-bond donors (Lipinski definition) is 2. The van der Waals surface area contributed by atoms with Crippen LogP contribution in [0.15, 0.2) is 29.8 Å². The van der Waals surface area contributed by atoms with Crippen LogP contribution in [0.3, 0.4) is 0 Å². The minimum absolute atomic E-state index is 0.0273. The topological polar surface area (TPSA) is 106 Å². The minimum Gasteiger partial charge on any atom is -0.318 e. The molecule has 0 unspecified atom stereocenters. The van der Waals surface area contributed by atoms with Crippen LogP contribution in [0.5, 0.6) is 0 Å². The van der Waals surface area contributed by atoms with E-state index in [1.807, 2.05) is 24.5 Å².